The molecular formula is C17H16ClF3N2O3. The molecule has 1 unspecified atom stereocenters. The van der Waals surface area contributed by atoms with Crippen LogP contribution in [0.25, 0.3) is 0 Å². The highest BCUT2D eigenvalue weighted by Gasteiger charge is 2.29. The summed E-state index contributed by atoms with van der Waals surface area (Å²) in [5.74, 6) is -0.158. The van der Waals surface area contributed by atoms with Gasteiger partial charge in [0.2, 0.25) is 5.88 Å². The lowest BCUT2D eigenvalue weighted by atomic mass is 10.2. The maximum absolute atomic E-state index is 12.3. The molecule has 0 spiro atoms. The van der Waals surface area contributed by atoms with E-state index in [1.807, 2.05) is 0 Å². The van der Waals surface area contributed by atoms with Crippen LogP contribution in [-0.2, 0) is 11.3 Å². The third-order valence-electron chi connectivity index (χ3n) is 3.17. The van der Waals surface area contributed by atoms with E-state index in [0.29, 0.717) is 16.3 Å². The van der Waals surface area contributed by atoms with E-state index in [1.165, 1.54) is 18.3 Å². The molecule has 0 aliphatic heterocycles. The second-order valence-corrected chi connectivity index (χ2v) is 5.74. The van der Waals surface area contributed by atoms with E-state index in [2.05, 4.69) is 15.0 Å². The minimum absolute atomic E-state index is 0.0474. The topological polar surface area (TPSA) is 60.5 Å². The van der Waals surface area contributed by atoms with Gasteiger partial charge in [-0.25, -0.2) is 4.98 Å². The molecule has 5 nitrogen and oxygen atoms in total. The lowest BCUT2D eigenvalue weighted by Gasteiger charge is -2.16. The van der Waals surface area contributed by atoms with E-state index >= 15 is 0 Å². The largest absolute Gasteiger partial charge is 0.481 e. The molecular weight excluding hydrogens is 373 g/mol. The van der Waals surface area contributed by atoms with Crippen molar-refractivity contribution in [3.63, 3.8) is 0 Å². The van der Waals surface area contributed by atoms with Crippen molar-refractivity contribution in [2.45, 2.75) is 25.7 Å². The molecule has 1 atom stereocenters. The lowest BCUT2D eigenvalue weighted by Crippen LogP contribution is -2.36. The van der Waals surface area contributed by atoms with E-state index in [1.54, 1.807) is 31.2 Å². The van der Waals surface area contributed by atoms with E-state index < -0.39 is 24.8 Å². The fourth-order valence-corrected chi connectivity index (χ4v) is 2.06. The molecule has 26 heavy (non-hydrogen) atoms. The van der Waals surface area contributed by atoms with Crippen LogP contribution in [0.1, 0.15) is 12.5 Å². The molecule has 0 saturated heterocycles. The zero-order valence-corrected chi connectivity index (χ0v) is 14.5. The number of benzene rings is 1. The number of halogens is 4. The van der Waals surface area contributed by atoms with Gasteiger partial charge in [0, 0.05) is 23.3 Å². The lowest BCUT2D eigenvalue weighted by molar-refractivity contribution is -0.154. The number of ether oxygens (including phenoxy) is 2. The first-order valence-corrected chi connectivity index (χ1v) is 7.96. The van der Waals surface area contributed by atoms with E-state index in [4.69, 9.17) is 16.3 Å². The monoisotopic (exact) mass is 388 g/mol. The SMILES string of the molecule is CC(Oc1ccc(Cl)cc1)C(=O)NCc1cccnc1OCC(F)(F)F. The van der Waals surface area contributed by atoms with Gasteiger partial charge < -0.3 is 14.8 Å². The number of nitrogens with one attached hydrogen (secondary N) is 1. The number of aromatic nitrogens is 1. The summed E-state index contributed by atoms with van der Waals surface area (Å²) in [4.78, 5) is 15.9. The van der Waals surface area contributed by atoms with Crippen LogP contribution in [-0.4, -0.2) is 29.8 Å². The van der Waals surface area contributed by atoms with E-state index in [0.717, 1.165) is 0 Å². The smallest absolute Gasteiger partial charge is 0.422 e. The van der Waals surface area contributed by atoms with Crippen molar-refractivity contribution in [3.05, 3.63) is 53.2 Å². The van der Waals surface area contributed by atoms with Gasteiger partial charge in [-0.1, -0.05) is 17.7 Å². The van der Waals surface area contributed by atoms with Crippen LogP contribution in [0.15, 0.2) is 42.6 Å². The van der Waals surface area contributed by atoms with E-state index in [9.17, 15) is 18.0 Å². The van der Waals surface area contributed by atoms with Gasteiger partial charge in [0.05, 0.1) is 0 Å². The first-order chi connectivity index (χ1) is 12.2. The highest BCUT2D eigenvalue weighted by Crippen LogP contribution is 2.20. The highest BCUT2D eigenvalue weighted by molar-refractivity contribution is 6.30. The van der Waals surface area contributed by atoms with Crippen LogP contribution < -0.4 is 14.8 Å². The maximum atomic E-state index is 12.3. The van der Waals surface area contributed by atoms with Crippen LogP contribution in [0.4, 0.5) is 13.2 Å². The van der Waals surface area contributed by atoms with Gasteiger partial charge in [0.1, 0.15) is 5.75 Å². The second-order valence-electron chi connectivity index (χ2n) is 5.30. The van der Waals surface area contributed by atoms with Crippen LogP contribution >= 0.6 is 11.6 Å². The average Bonchev–Trinajstić information content (AvgIpc) is 2.59. The van der Waals surface area contributed by atoms with Gasteiger partial charge in [-0.15, -0.1) is 0 Å². The number of pyridine rings is 1. The molecule has 140 valence electrons. The summed E-state index contributed by atoms with van der Waals surface area (Å²) in [6, 6.07) is 9.55. The molecule has 0 aliphatic rings. The first-order valence-electron chi connectivity index (χ1n) is 7.58. The van der Waals surface area contributed by atoms with Crippen molar-refractivity contribution in [2.24, 2.45) is 0 Å². The quantitative estimate of drug-likeness (QED) is 0.784. The van der Waals surface area contributed by atoms with Crippen LogP contribution in [0.5, 0.6) is 11.6 Å². The molecule has 2 rings (SSSR count). The van der Waals surface area contributed by atoms with Crippen molar-refractivity contribution in [2.75, 3.05) is 6.61 Å². The van der Waals surface area contributed by atoms with Crippen LogP contribution in [0, 0.1) is 0 Å². The standard InChI is InChI=1S/C17H16ClF3N2O3/c1-11(26-14-6-4-13(18)5-7-14)15(24)23-9-12-3-2-8-22-16(12)25-10-17(19,20)21/h2-8,11H,9-10H2,1H3,(H,23,24). The summed E-state index contributed by atoms with van der Waals surface area (Å²) in [6.45, 7) is 0.0451. The zero-order chi connectivity index (χ0) is 19.2. The van der Waals surface area contributed by atoms with Crippen molar-refractivity contribution >= 4 is 17.5 Å². The molecule has 0 aliphatic carbocycles. The van der Waals surface area contributed by atoms with Crippen molar-refractivity contribution in [3.8, 4) is 11.6 Å². The second kappa shape index (κ2) is 8.75. The summed E-state index contributed by atoms with van der Waals surface area (Å²) >= 11 is 5.77. The zero-order valence-electron chi connectivity index (χ0n) is 13.7. The predicted molar refractivity (Wildman–Crippen MR) is 89.2 cm³/mol. The number of nitrogens with zero attached hydrogens (tertiary/aromatic N) is 1. The summed E-state index contributed by atoms with van der Waals surface area (Å²) in [6.07, 6.45) is -3.98. The van der Waals surface area contributed by atoms with Gasteiger partial charge in [0.25, 0.3) is 5.91 Å². The summed E-state index contributed by atoms with van der Waals surface area (Å²) in [5.41, 5.74) is 0.323. The Morgan fingerprint density at radius 2 is 1.96 bits per heavy atom. The molecule has 9 heteroatoms. The molecule has 1 aromatic carbocycles. The molecule has 1 aromatic heterocycles. The summed E-state index contributed by atoms with van der Waals surface area (Å²) in [5, 5.41) is 3.12. The number of amides is 1. The summed E-state index contributed by atoms with van der Waals surface area (Å²) < 4.78 is 47.0. The Balaban J connectivity index is 1.91. The number of alkyl halides is 3. The molecule has 1 amide bonds. The minimum Gasteiger partial charge on any atom is -0.481 e. The van der Waals surface area contributed by atoms with Crippen LogP contribution in [0.3, 0.4) is 0 Å². The normalized spacial score (nSPS) is 12.3. The Kier molecular flexibility index (Phi) is 6.68. The fraction of sp³-hybridized carbons (Fsp3) is 0.294. The number of rotatable bonds is 7. The number of carbonyl (C=O) groups is 1. The molecule has 0 saturated carbocycles. The third kappa shape index (κ3) is 6.44. The average molecular weight is 389 g/mol. The number of hydrogen-bond acceptors (Lipinski definition) is 4. The van der Waals surface area contributed by atoms with Gasteiger partial charge in [-0.3, -0.25) is 4.79 Å². The highest BCUT2D eigenvalue weighted by atomic mass is 35.5. The van der Waals surface area contributed by atoms with Crippen molar-refractivity contribution in [1.29, 1.82) is 0 Å². The third-order valence-corrected chi connectivity index (χ3v) is 3.42. The number of hydrogen-bond donors (Lipinski definition) is 1. The first kappa shape index (κ1) is 19.8. The molecule has 1 N–H and O–H groups in total. The maximum Gasteiger partial charge on any atom is 0.422 e. The molecule has 0 radical (unpaired) electrons. The van der Waals surface area contributed by atoms with Crippen molar-refractivity contribution < 1.29 is 27.4 Å². The van der Waals surface area contributed by atoms with Crippen LogP contribution in [0.2, 0.25) is 5.02 Å². The minimum atomic E-state index is -4.47. The predicted octanol–water partition coefficient (Wildman–Crippen LogP) is 3.76. The van der Waals surface area contributed by atoms with E-state index in [-0.39, 0.29) is 12.4 Å². The molecule has 2 aromatic rings. The Hall–Kier alpha value is -2.48. The summed E-state index contributed by atoms with van der Waals surface area (Å²) in [7, 11) is 0. The molecule has 0 fully saturated rings. The molecule has 0 bridgehead atoms. The Morgan fingerprint density at radius 1 is 1.27 bits per heavy atom. The Bertz CT molecular complexity index is 739. The van der Waals surface area contributed by atoms with Gasteiger partial charge in [-0.05, 0) is 37.3 Å². The Labute approximate surface area is 153 Å². The van der Waals surface area contributed by atoms with Gasteiger partial charge >= 0.3 is 6.18 Å². The van der Waals surface area contributed by atoms with Crippen molar-refractivity contribution in [1.82, 2.24) is 10.3 Å². The molecule has 1 heterocycles. The number of carbonyl (C=O) groups excluding carboxylic acids is 1. The fourth-order valence-electron chi connectivity index (χ4n) is 1.94. The van der Waals surface area contributed by atoms with Gasteiger partial charge in [0.15, 0.2) is 12.7 Å². The Morgan fingerprint density at radius 3 is 2.62 bits per heavy atom. The van der Waals surface area contributed by atoms with Gasteiger partial charge in [-0.2, -0.15) is 13.2 Å².